The molecule has 0 saturated carbocycles. The molecule has 0 aromatic heterocycles. The minimum absolute atomic E-state index is 0.0182. The topological polar surface area (TPSA) is 108 Å². The van der Waals surface area contributed by atoms with Gasteiger partial charge >= 0.3 is 12.2 Å². The molecule has 2 heterocycles. The summed E-state index contributed by atoms with van der Waals surface area (Å²) in [6.45, 7) is 5.10. The molecule has 0 aliphatic carbocycles. The first-order chi connectivity index (χ1) is 10.7. The standard InChI is InChI=1S/C15H25N3O5/c1-15(2,3)23-13(20)16-8-12(19)17-9-6-10-4-5-11(7-9)18(10)14(21)22/h9-11H,4-8H2,1-3H3,(H,16,20)(H,17,19)(H,21,22)/t9?,10-,11+. The molecule has 2 bridgehead atoms. The van der Waals surface area contributed by atoms with Crippen LogP contribution in [0.3, 0.4) is 0 Å². The summed E-state index contributed by atoms with van der Waals surface area (Å²) in [7, 11) is 0. The third-order valence-corrected chi connectivity index (χ3v) is 4.11. The minimum Gasteiger partial charge on any atom is -0.465 e. The second-order valence-electron chi connectivity index (χ2n) is 7.17. The molecule has 2 rings (SSSR count). The fourth-order valence-corrected chi connectivity index (χ4v) is 3.35. The third-order valence-electron chi connectivity index (χ3n) is 4.11. The molecule has 2 fully saturated rings. The van der Waals surface area contributed by atoms with E-state index < -0.39 is 17.8 Å². The maximum Gasteiger partial charge on any atom is 0.408 e. The lowest BCUT2D eigenvalue weighted by Crippen LogP contribution is -2.53. The summed E-state index contributed by atoms with van der Waals surface area (Å²) in [6.07, 6.45) is 1.43. The number of carbonyl (C=O) groups is 3. The van der Waals surface area contributed by atoms with Crippen molar-refractivity contribution in [1.82, 2.24) is 15.5 Å². The highest BCUT2D eigenvalue weighted by atomic mass is 16.6. The van der Waals surface area contributed by atoms with Crippen LogP contribution in [0.1, 0.15) is 46.5 Å². The van der Waals surface area contributed by atoms with E-state index >= 15 is 0 Å². The molecule has 0 spiro atoms. The molecule has 23 heavy (non-hydrogen) atoms. The molecule has 1 unspecified atom stereocenters. The summed E-state index contributed by atoms with van der Waals surface area (Å²) >= 11 is 0. The van der Waals surface area contributed by atoms with E-state index in [-0.39, 0.29) is 30.6 Å². The van der Waals surface area contributed by atoms with Gasteiger partial charge in [0.25, 0.3) is 0 Å². The zero-order chi connectivity index (χ0) is 17.2. The molecule has 2 aliphatic rings. The third kappa shape index (κ3) is 4.74. The Morgan fingerprint density at radius 1 is 1.17 bits per heavy atom. The summed E-state index contributed by atoms with van der Waals surface area (Å²) in [4.78, 5) is 36.1. The number of piperidine rings is 1. The van der Waals surface area contributed by atoms with Crippen molar-refractivity contribution in [2.45, 2.75) is 70.2 Å². The highest BCUT2D eigenvalue weighted by Crippen LogP contribution is 2.35. The summed E-state index contributed by atoms with van der Waals surface area (Å²) in [5.74, 6) is -0.288. The Morgan fingerprint density at radius 3 is 2.22 bits per heavy atom. The van der Waals surface area contributed by atoms with Gasteiger partial charge in [-0.25, -0.2) is 9.59 Å². The van der Waals surface area contributed by atoms with Crippen LogP contribution in [0.2, 0.25) is 0 Å². The van der Waals surface area contributed by atoms with Gasteiger partial charge in [0.15, 0.2) is 0 Å². The van der Waals surface area contributed by atoms with Gasteiger partial charge in [0.05, 0.1) is 0 Å². The first kappa shape index (κ1) is 17.4. The van der Waals surface area contributed by atoms with Crippen LogP contribution in [0.15, 0.2) is 0 Å². The van der Waals surface area contributed by atoms with Crippen LogP contribution in [-0.2, 0) is 9.53 Å². The van der Waals surface area contributed by atoms with Crippen molar-refractivity contribution in [1.29, 1.82) is 0 Å². The smallest absolute Gasteiger partial charge is 0.408 e. The van der Waals surface area contributed by atoms with Gasteiger partial charge in [-0.15, -0.1) is 0 Å². The fourth-order valence-electron chi connectivity index (χ4n) is 3.35. The van der Waals surface area contributed by atoms with E-state index in [0.717, 1.165) is 12.8 Å². The molecule has 2 saturated heterocycles. The van der Waals surface area contributed by atoms with E-state index in [1.165, 1.54) is 4.90 Å². The van der Waals surface area contributed by atoms with E-state index in [9.17, 15) is 19.5 Å². The lowest BCUT2D eigenvalue weighted by molar-refractivity contribution is -0.121. The van der Waals surface area contributed by atoms with Crippen molar-refractivity contribution in [2.75, 3.05) is 6.54 Å². The summed E-state index contributed by atoms with van der Waals surface area (Å²) in [5.41, 5.74) is -0.608. The second-order valence-corrected chi connectivity index (χ2v) is 7.17. The monoisotopic (exact) mass is 327 g/mol. The average Bonchev–Trinajstić information content (AvgIpc) is 2.67. The van der Waals surface area contributed by atoms with Crippen LogP contribution in [-0.4, -0.2) is 58.4 Å². The number of alkyl carbamates (subject to hydrolysis) is 1. The second kappa shape index (κ2) is 6.64. The highest BCUT2D eigenvalue weighted by Gasteiger charge is 2.43. The number of hydrogen-bond acceptors (Lipinski definition) is 4. The zero-order valence-corrected chi connectivity index (χ0v) is 13.8. The Bertz CT molecular complexity index is 474. The Labute approximate surface area is 135 Å². The number of rotatable bonds is 3. The van der Waals surface area contributed by atoms with Gasteiger partial charge in [0.1, 0.15) is 12.1 Å². The normalized spacial score (nSPS) is 26.6. The molecular weight excluding hydrogens is 302 g/mol. The molecule has 0 aromatic rings. The first-order valence-corrected chi connectivity index (χ1v) is 7.93. The van der Waals surface area contributed by atoms with E-state index in [1.54, 1.807) is 20.8 Å². The lowest BCUT2D eigenvalue weighted by Gasteiger charge is -2.37. The molecule has 0 radical (unpaired) electrons. The SMILES string of the molecule is CC(C)(C)OC(=O)NCC(=O)NC1C[C@H]2CC[C@@H](C1)N2C(=O)O. The first-order valence-electron chi connectivity index (χ1n) is 7.93. The molecule has 8 heteroatoms. The van der Waals surface area contributed by atoms with Gasteiger partial charge in [0.2, 0.25) is 5.91 Å². The van der Waals surface area contributed by atoms with Crippen LogP contribution in [0.25, 0.3) is 0 Å². The average molecular weight is 327 g/mol. The summed E-state index contributed by atoms with van der Waals surface area (Å²) in [6, 6.07) is -0.0817. The van der Waals surface area contributed by atoms with Crippen molar-refractivity contribution in [3.63, 3.8) is 0 Å². The Morgan fingerprint density at radius 2 is 1.74 bits per heavy atom. The van der Waals surface area contributed by atoms with Crippen LogP contribution < -0.4 is 10.6 Å². The molecule has 0 aromatic carbocycles. The molecule has 3 atom stereocenters. The van der Waals surface area contributed by atoms with Gasteiger partial charge in [-0.2, -0.15) is 0 Å². The lowest BCUT2D eigenvalue weighted by atomic mass is 9.98. The number of carboxylic acid groups (broad SMARTS) is 1. The predicted molar refractivity (Wildman–Crippen MR) is 82.1 cm³/mol. The quantitative estimate of drug-likeness (QED) is 0.724. The van der Waals surface area contributed by atoms with Crippen LogP contribution in [0.5, 0.6) is 0 Å². The number of nitrogens with one attached hydrogen (secondary N) is 2. The van der Waals surface area contributed by atoms with Crippen LogP contribution in [0.4, 0.5) is 9.59 Å². The van der Waals surface area contributed by atoms with E-state index in [1.807, 2.05) is 0 Å². The van der Waals surface area contributed by atoms with Gasteiger partial charge in [-0.3, -0.25) is 4.79 Å². The van der Waals surface area contributed by atoms with E-state index in [2.05, 4.69) is 10.6 Å². The fraction of sp³-hybridized carbons (Fsp3) is 0.800. The predicted octanol–water partition coefficient (Wildman–Crippen LogP) is 1.30. The van der Waals surface area contributed by atoms with Crippen molar-refractivity contribution in [3.8, 4) is 0 Å². The van der Waals surface area contributed by atoms with Gasteiger partial charge in [-0.05, 0) is 46.5 Å². The molecule has 8 nitrogen and oxygen atoms in total. The Kier molecular flexibility index (Phi) is 5.01. The maximum absolute atomic E-state index is 11.9. The largest absolute Gasteiger partial charge is 0.465 e. The molecule has 130 valence electrons. The van der Waals surface area contributed by atoms with Gasteiger partial charge in [0, 0.05) is 18.1 Å². The molecule has 2 aliphatic heterocycles. The van der Waals surface area contributed by atoms with Crippen molar-refractivity contribution in [2.24, 2.45) is 0 Å². The molecular formula is C15H25N3O5. The zero-order valence-electron chi connectivity index (χ0n) is 13.8. The molecule has 3 amide bonds. The Balaban J connectivity index is 1.75. The number of ether oxygens (including phenoxy) is 1. The summed E-state index contributed by atoms with van der Waals surface area (Å²) < 4.78 is 5.06. The van der Waals surface area contributed by atoms with Gasteiger partial charge < -0.3 is 25.4 Å². The van der Waals surface area contributed by atoms with Crippen molar-refractivity contribution in [3.05, 3.63) is 0 Å². The van der Waals surface area contributed by atoms with E-state index in [4.69, 9.17) is 4.74 Å². The molecule has 3 N–H and O–H groups in total. The number of nitrogens with zero attached hydrogens (tertiary/aromatic N) is 1. The number of fused-ring (bicyclic) bond motifs is 2. The summed E-state index contributed by atoms with van der Waals surface area (Å²) in [5, 5.41) is 14.5. The highest BCUT2D eigenvalue weighted by molar-refractivity contribution is 5.82. The minimum atomic E-state index is -0.881. The number of amides is 3. The maximum atomic E-state index is 11.9. The van der Waals surface area contributed by atoms with Crippen LogP contribution >= 0.6 is 0 Å². The Hall–Kier alpha value is -1.99. The van der Waals surface area contributed by atoms with Crippen LogP contribution in [0, 0.1) is 0 Å². The van der Waals surface area contributed by atoms with E-state index in [0.29, 0.717) is 12.8 Å². The van der Waals surface area contributed by atoms with Gasteiger partial charge in [-0.1, -0.05) is 0 Å². The van der Waals surface area contributed by atoms with Crippen molar-refractivity contribution >= 4 is 18.1 Å². The number of carbonyl (C=O) groups excluding carboxylic acids is 2. The van der Waals surface area contributed by atoms with Crippen molar-refractivity contribution < 1.29 is 24.2 Å². The number of hydrogen-bond donors (Lipinski definition) is 3.